The lowest BCUT2D eigenvalue weighted by Crippen LogP contribution is -2.18. The summed E-state index contributed by atoms with van der Waals surface area (Å²) >= 11 is 0. The summed E-state index contributed by atoms with van der Waals surface area (Å²) in [7, 11) is 0. The lowest BCUT2D eigenvalue weighted by Gasteiger charge is -2.12. The maximum atomic E-state index is 12.4. The third-order valence-electron chi connectivity index (χ3n) is 3.03. The van der Waals surface area contributed by atoms with Crippen LogP contribution < -0.4 is 9.47 Å². The normalized spacial score (nSPS) is 11.8. The number of carboxylic acids is 1. The van der Waals surface area contributed by atoms with Gasteiger partial charge in [0.1, 0.15) is 11.5 Å². The van der Waals surface area contributed by atoms with Crippen molar-refractivity contribution >= 4 is 11.8 Å². The number of halogens is 6. The molecule has 0 saturated heterocycles. The zero-order chi connectivity index (χ0) is 20.4. The molecule has 11 heteroatoms. The van der Waals surface area contributed by atoms with Crippen LogP contribution >= 0.6 is 0 Å². The van der Waals surface area contributed by atoms with Crippen molar-refractivity contribution in [2.75, 3.05) is 0 Å². The summed E-state index contributed by atoms with van der Waals surface area (Å²) in [6, 6.07) is 5.77. The van der Waals surface area contributed by atoms with Gasteiger partial charge in [0, 0.05) is 11.1 Å². The van der Waals surface area contributed by atoms with Crippen LogP contribution in [0.3, 0.4) is 0 Å². The van der Waals surface area contributed by atoms with Gasteiger partial charge in [0.05, 0.1) is 5.56 Å². The quantitative estimate of drug-likeness (QED) is 0.601. The number of alkyl halides is 6. The molecule has 0 saturated carbocycles. The number of ketones is 1. The van der Waals surface area contributed by atoms with E-state index in [1.165, 1.54) is 0 Å². The van der Waals surface area contributed by atoms with Crippen molar-refractivity contribution in [2.45, 2.75) is 12.7 Å². The third-order valence-corrected chi connectivity index (χ3v) is 3.03. The van der Waals surface area contributed by atoms with E-state index in [1.54, 1.807) is 0 Å². The summed E-state index contributed by atoms with van der Waals surface area (Å²) in [5, 5.41) is 9.13. The minimum absolute atomic E-state index is 0.358. The molecule has 2 rings (SSSR count). The van der Waals surface area contributed by atoms with Crippen molar-refractivity contribution in [3.63, 3.8) is 0 Å². The minimum atomic E-state index is -5.08. The number of carbonyl (C=O) groups excluding carboxylic acids is 1. The van der Waals surface area contributed by atoms with Gasteiger partial charge in [-0.15, -0.1) is 26.3 Å². The summed E-state index contributed by atoms with van der Waals surface area (Å²) in [5.41, 5.74) is -1.71. The van der Waals surface area contributed by atoms with Crippen LogP contribution in [0.25, 0.3) is 0 Å². The molecule has 0 bridgehead atoms. The molecule has 0 unspecified atom stereocenters. The molecule has 5 nitrogen and oxygen atoms in total. The number of hydrogen-bond acceptors (Lipinski definition) is 4. The summed E-state index contributed by atoms with van der Waals surface area (Å²) < 4.78 is 80.7. The Kier molecular flexibility index (Phi) is 5.33. The monoisotopic (exact) mass is 394 g/mol. The van der Waals surface area contributed by atoms with Crippen LogP contribution in [0.4, 0.5) is 26.3 Å². The van der Waals surface area contributed by atoms with Crippen LogP contribution in [0.2, 0.25) is 0 Å². The molecule has 0 aliphatic carbocycles. The smallest absolute Gasteiger partial charge is 0.478 e. The summed E-state index contributed by atoms with van der Waals surface area (Å²) in [6.45, 7) is 0. The average molecular weight is 394 g/mol. The molecule has 0 atom stereocenters. The molecular formula is C16H8F6O5. The maximum absolute atomic E-state index is 12.4. The topological polar surface area (TPSA) is 72.8 Å². The Morgan fingerprint density at radius 3 is 1.85 bits per heavy atom. The lowest BCUT2D eigenvalue weighted by molar-refractivity contribution is -0.275. The minimum Gasteiger partial charge on any atom is -0.478 e. The first kappa shape index (κ1) is 20.1. The van der Waals surface area contributed by atoms with Gasteiger partial charge >= 0.3 is 18.7 Å². The van der Waals surface area contributed by atoms with Crippen molar-refractivity contribution in [1.82, 2.24) is 0 Å². The Labute approximate surface area is 146 Å². The molecule has 0 heterocycles. The van der Waals surface area contributed by atoms with Gasteiger partial charge in [-0.1, -0.05) is 12.1 Å². The predicted molar refractivity (Wildman–Crippen MR) is 76.6 cm³/mol. The van der Waals surface area contributed by atoms with Gasteiger partial charge in [-0.3, -0.25) is 4.79 Å². The summed E-state index contributed by atoms with van der Waals surface area (Å²) in [4.78, 5) is 23.7. The zero-order valence-corrected chi connectivity index (χ0v) is 12.9. The van der Waals surface area contributed by atoms with Crippen molar-refractivity contribution in [1.29, 1.82) is 0 Å². The second-order valence-electron chi connectivity index (χ2n) is 4.97. The molecule has 0 fully saturated rings. The SMILES string of the molecule is O=C(O)c1cc(OC(F)(F)F)ccc1C(=O)c1cccc(OC(F)(F)F)c1. The van der Waals surface area contributed by atoms with Gasteiger partial charge in [0.2, 0.25) is 0 Å². The Bertz CT molecular complexity index is 872. The number of hydrogen-bond donors (Lipinski definition) is 1. The van der Waals surface area contributed by atoms with E-state index in [1.807, 2.05) is 0 Å². The fourth-order valence-corrected chi connectivity index (χ4v) is 2.09. The van der Waals surface area contributed by atoms with Crippen LogP contribution in [0, 0.1) is 0 Å². The first-order valence-electron chi connectivity index (χ1n) is 6.89. The van der Waals surface area contributed by atoms with Gasteiger partial charge < -0.3 is 14.6 Å². The Hall–Kier alpha value is -3.24. The highest BCUT2D eigenvalue weighted by Crippen LogP contribution is 2.28. The number of aromatic carboxylic acids is 1. The zero-order valence-electron chi connectivity index (χ0n) is 12.9. The van der Waals surface area contributed by atoms with Crippen LogP contribution in [-0.4, -0.2) is 29.6 Å². The molecule has 0 aromatic heterocycles. The van der Waals surface area contributed by atoms with Crippen LogP contribution in [-0.2, 0) is 0 Å². The highest BCUT2D eigenvalue weighted by molar-refractivity contribution is 6.14. The average Bonchev–Trinajstić information content (AvgIpc) is 2.51. The van der Waals surface area contributed by atoms with E-state index < -0.39 is 47.1 Å². The van der Waals surface area contributed by atoms with E-state index in [4.69, 9.17) is 5.11 Å². The second kappa shape index (κ2) is 7.17. The first-order valence-corrected chi connectivity index (χ1v) is 6.89. The molecule has 144 valence electrons. The molecule has 0 aliphatic heterocycles. The summed E-state index contributed by atoms with van der Waals surface area (Å²) in [6.07, 6.45) is -10.1. The van der Waals surface area contributed by atoms with Gasteiger partial charge in [-0.2, -0.15) is 0 Å². The highest BCUT2D eigenvalue weighted by atomic mass is 19.4. The van der Waals surface area contributed by atoms with E-state index in [0.29, 0.717) is 12.1 Å². The number of ether oxygens (including phenoxy) is 2. The molecule has 1 N–H and O–H groups in total. The molecule has 0 radical (unpaired) electrons. The summed E-state index contributed by atoms with van der Waals surface area (Å²) in [5.74, 6) is -4.35. The largest absolute Gasteiger partial charge is 0.573 e. The van der Waals surface area contributed by atoms with Gasteiger partial charge in [0.25, 0.3) is 0 Å². The van der Waals surface area contributed by atoms with Crippen molar-refractivity contribution in [2.24, 2.45) is 0 Å². The molecular weight excluding hydrogens is 386 g/mol. The molecule has 0 aliphatic rings. The van der Waals surface area contributed by atoms with Crippen molar-refractivity contribution in [3.05, 3.63) is 59.2 Å². The van der Waals surface area contributed by atoms with E-state index >= 15 is 0 Å². The van der Waals surface area contributed by atoms with Gasteiger partial charge in [-0.25, -0.2) is 4.79 Å². The Balaban J connectivity index is 2.41. The lowest BCUT2D eigenvalue weighted by atomic mass is 9.98. The molecule has 0 amide bonds. The maximum Gasteiger partial charge on any atom is 0.573 e. The van der Waals surface area contributed by atoms with E-state index in [9.17, 15) is 35.9 Å². The number of carbonyl (C=O) groups is 2. The number of carboxylic acid groups (broad SMARTS) is 1. The standard InChI is InChI=1S/C16H8F6O5/c17-15(18,19)26-9-3-1-2-8(6-9)13(23)11-5-4-10(27-16(20,21)22)7-12(11)14(24)25/h1-7H,(H,24,25). The van der Waals surface area contributed by atoms with Crippen LogP contribution in [0.15, 0.2) is 42.5 Å². The Morgan fingerprint density at radius 2 is 1.33 bits per heavy atom. The van der Waals surface area contributed by atoms with E-state index in [2.05, 4.69) is 9.47 Å². The van der Waals surface area contributed by atoms with Gasteiger partial charge in [-0.05, 0) is 30.3 Å². The Morgan fingerprint density at radius 1 is 0.778 bits per heavy atom. The third kappa shape index (κ3) is 5.62. The molecule has 0 spiro atoms. The second-order valence-corrected chi connectivity index (χ2v) is 4.97. The molecule has 2 aromatic rings. The van der Waals surface area contributed by atoms with Crippen LogP contribution in [0.5, 0.6) is 11.5 Å². The van der Waals surface area contributed by atoms with Crippen molar-refractivity contribution < 1.29 is 50.5 Å². The molecule has 27 heavy (non-hydrogen) atoms. The number of rotatable bonds is 5. The fourth-order valence-electron chi connectivity index (χ4n) is 2.09. The van der Waals surface area contributed by atoms with Crippen molar-refractivity contribution in [3.8, 4) is 11.5 Å². The van der Waals surface area contributed by atoms with Crippen LogP contribution in [0.1, 0.15) is 26.3 Å². The van der Waals surface area contributed by atoms with Gasteiger partial charge in [0.15, 0.2) is 5.78 Å². The fraction of sp³-hybridized carbons (Fsp3) is 0.125. The highest BCUT2D eigenvalue weighted by Gasteiger charge is 2.33. The predicted octanol–water partition coefficient (Wildman–Crippen LogP) is 4.41. The molecule has 2 aromatic carbocycles. The van der Waals surface area contributed by atoms with E-state index in [-0.39, 0.29) is 5.56 Å². The number of benzene rings is 2. The first-order chi connectivity index (χ1) is 12.4. The van der Waals surface area contributed by atoms with E-state index in [0.717, 1.165) is 30.3 Å².